The van der Waals surface area contributed by atoms with Gasteiger partial charge in [-0.1, -0.05) is 12.2 Å². The van der Waals surface area contributed by atoms with Gasteiger partial charge in [-0.2, -0.15) is 0 Å². The largest absolute Gasteiger partial charge is 0.366 e. The maximum absolute atomic E-state index is 4.27. The van der Waals surface area contributed by atoms with Crippen molar-refractivity contribution in [2.24, 2.45) is 5.92 Å². The molecule has 1 N–H and O–H groups in total. The van der Waals surface area contributed by atoms with Crippen molar-refractivity contribution in [2.75, 3.05) is 11.9 Å². The SMILES string of the molecule is Brc1cnc(NC/C=C/C2CC2)c(Br)c1. The zero-order valence-electron chi connectivity index (χ0n) is 8.21. The van der Waals surface area contributed by atoms with Crippen LogP contribution in [-0.4, -0.2) is 11.5 Å². The molecule has 0 amide bonds. The van der Waals surface area contributed by atoms with E-state index >= 15 is 0 Å². The Hall–Kier alpha value is -0.350. The number of rotatable bonds is 4. The van der Waals surface area contributed by atoms with Gasteiger partial charge in [-0.3, -0.25) is 0 Å². The molecule has 0 aliphatic heterocycles. The Morgan fingerprint density at radius 2 is 2.27 bits per heavy atom. The predicted octanol–water partition coefficient (Wildman–Crippen LogP) is 3.98. The van der Waals surface area contributed by atoms with Gasteiger partial charge in [0.1, 0.15) is 5.82 Å². The predicted molar refractivity (Wildman–Crippen MR) is 70.0 cm³/mol. The van der Waals surface area contributed by atoms with Gasteiger partial charge < -0.3 is 5.32 Å². The summed E-state index contributed by atoms with van der Waals surface area (Å²) in [7, 11) is 0. The number of anilines is 1. The summed E-state index contributed by atoms with van der Waals surface area (Å²) in [5.41, 5.74) is 0. The molecule has 2 nitrogen and oxygen atoms in total. The van der Waals surface area contributed by atoms with Crippen LogP contribution < -0.4 is 5.32 Å². The second kappa shape index (κ2) is 5.12. The van der Waals surface area contributed by atoms with Crippen LogP contribution in [0.5, 0.6) is 0 Å². The maximum atomic E-state index is 4.27. The number of halogens is 2. The number of nitrogens with zero attached hydrogens (tertiary/aromatic N) is 1. The van der Waals surface area contributed by atoms with Gasteiger partial charge in [0.15, 0.2) is 0 Å². The van der Waals surface area contributed by atoms with Crippen LogP contribution in [0.2, 0.25) is 0 Å². The van der Waals surface area contributed by atoms with Gasteiger partial charge in [-0.05, 0) is 56.7 Å². The Labute approximate surface area is 106 Å². The Kier molecular flexibility index (Phi) is 3.81. The number of allylic oxidation sites excluding steroid dienone is 1. The van der Waals surface area contributed by atoms with Crippen molar-refractivity contribution in [3.05, 3.63) is 33.4 Å². The van der Waals surface area contributed by atoms with Gasteiger partial charge in [0.25, 0.3) is 0 Å². The smallest absolute Gasteiger partial charge is 0.140 e. The van der Waals surface area contributed by atoms with E-state index in [2.05, 4.69) is 54.3 Å². The molecule has 1 fully saturated rings. The molecule has 1 aromatic heterocycles. The lowest BCUT2D eigenvalue weighted by Gasteiger charge is -2.04. The minimum Gasteiger partial charge on any atom is -0.366 e. The van der Waals surface area contributed by atoms with E-state index in [0.717, 1.165) is 27.2 Å². The van der Waals surface area contributed by atoms with Gasteiger partial charge in [-0.25, -0.2) is 4.98 Å². The second-order valence-corrected chi connectivity index (χ2v) is 5.40. The molecule has 1 aliphatic rings. The zero-order valence-corrected chi connectivity index (χ0v) is 11.4. The standard InChI is InChI=1S/C11H12Br2N2/c12-9-6-10(13)11(15-7-9)14-5-1-2-8-3-4-8/h1-2,6-8H,3-5H2,(H,14,15)/b2-1+. The summed E-state index contributed by atoms with van der Waals surface area (Å²) in [5.74, 6) is 1.73. The van der Waals surface area contributed by atoms with Gasteiger partial charge in [0.2, 0.25) is 0 Å². The van der Waals surface area contributed by atoms with Crippen LogP contribution in [-0.2, 0) is 0 Å². The molecule has 80 valence electrons. The number of hydrogen-bond acceptors (Lipinski definition) is 2. The zero-order chi connectivity index (χ0) is 10.7. The number of nitrogens with one attached hydrogen (secondary N) is 1. The fraction of sp³-hybridized carbons (Fsp3) is 0.364. The molecule has 0 radical (unpaired) electrons. The molecular weight excluding hydrogens is 320 g/mol. The molecule has 1 heterocycles. The van der Waals surface area contributed by atoms with Crippen LogP contribution in [0.3, 0.4) is 0 Å². The van der Waals surface area contributed by atoms with Crippen molar-refractivity contribution >= 4 is 37.7 Å². The Morgan fingerprint density at radius 3 is 2.93 bits per heavy atom. The molecule has 4 heteroatoms. The van der Waals surface area contributed by atoms with Gasteiger partial charge in [-0.15, -0.1) is 0 Å². The summed E-state index contributed by atoms with van der Waals surface area (Å²) >= 11 is 6.83. The first-order chi connectivity index (χ1) is 7.25. The Morgan fingerprint density at radius 1 is 1.47 bits per heavy atom. The van der Waals surface area contributed by atoms with E-state index < -0.39 is 0 Å². The van der Waals surface area contributed by atoms with Crippen LogP contribution in [0.15, 0.2) is 33.4 Å². The van der Waals surface area contributed by atoms with E-state index in [4.69, 9.17) is 0 Å². The third-order valence-corrected chi connectivity index (χ3v) is 3.26. The first-order valence-electron chi connectivity index (χ1n) is 4.97. The maximum Gasteiger partial charge on any atom is 0.140 e. The fourth-order valence-electron chi connectivity index (χ4n) is 1.25. The highest BCUT2D eigenvalue weighted by molar-refractivity contribution is 9.11. The third-order valence-electron chi connectivity index (χ3n) is 2.23. The molecular formula is C11H12Br2N2. The molecule has 1 aromatic rings. The summed E-state index contributed by atoms with van der Waals surface area (Å²) in [5, 5.41) is 3.26. The molecule has 0 spiro atoms. The van der Waals surface area contributed by atoms with E-state index in [1.54, 1.807) is 6.20 Å². The summed E-state index contributed by atoms with van der Waals surface area (Å²) in [6, 6.07) is 1.99. The molecule has 1 saturated carbocycles. The molecule has 0 unspecified atom stereocenters. The van der Waals surface area contributed by atoms with Crippen LogP contribution in [0.25, 0.3) is 0 Å². The monoisotopic (exact) mass is 330 g/mol. The minimum atomic E-state index is 0.837. The average molecular weight is 332 g/mol. The van der Waals surface area contributed by atoms with Crippen LogP contribution in [0.1, 0.15) is 12.8 Å². The minimum absolute atomic E-state index is 0.837. The van der Waals surface area contributed by atoms with Crippen molar-refractivity contribution in [2.45, 2.75) is 12.8 Å². The third kappa shape index (κ3) is 3.61. The summed E-state index contributed by atoms with van der Waals surface area (Å²) in [6.45, 7) is 0.837. The molecule has 15 heavy (non-hydrogen) atoms. The Bertz CT molecular complexity index is 373. The van der Waals surface area contributed by atoms with Gasteiger partial charge in [0.05, 0.1) is 4.47 Å². The lowest BCUT2D eigenvalue weighted by atomic mass is 10.3. The van der Waals surface area contributed by atoms with Crippen LogP contribution in [0.4, 0.5) is 5.82 Å². The van der Waals surface area contributed by atoms with Crippen LogP contribution in [0, 0.1) is 5.92 Å². The quantitative estimate of drug-likeness (QED) is 0.844. The van der Waals surface area contributed by atoms with E-state index in [0.29, 0.717) is 0 Å². The number of hydrogen-bond donors (Lipinski definition) is 1. The topological polar surface area (TPSA) is 24.9 Å². The fourth-order valence-corrected chi connectivity index (χ4v) is 2.38. The molecule has 2 rings (SSSR count). The molecule has 0 bridgehead atoms. The summed E-state index contributed by atoms with van der Waals surface area (Å²) in [4.78, 5) is 4.27. The van der Waals surface area contributed by atoms with E-state index in [9.17, 15) is 0 Å². The highest BCUT2D eigenvalue weighted by Crippen LogP contribution is 2.30. The number of aromatic nitrogens is 1. The van der Waals surface area contributed by atoms with Gasteiger partial charge >= 0.3 is 0 Å². The highest BCUT2D eigenvalue weighted by atomic mass is 79.9. The van der Waals surface area contributed by atoms with Crippen molar-refractivity contribution in [1.82, 2.24) is 4.98 Å². The molecule has 0 saturated heterocycles. The lowest BCUT2D eigenvalue weighted by Crippen LogP contribution is -2.01. The van der Waals surface area contributed by atoms with Gasteiger partial charge in [0, 0.05) is 17.2 Å². The van der Waals surface area contributed by atoms with Crippen molar-refractivity contribution in [3.63, 3.8) is 0 Å². The molecule has 0 aromatic carbocycles. The van der Waals surface area contributed by atoms with Crippen molar-refractivity contribution in [3.8, 4) is 0 Å². The van der Waals surface area contributed by atoms with Crippen LogP contribution >= 0.6 is 31.9 Å². The average Bonchev–Trinajstić information content (AvgIpc) is 2.99. The van der Waals surface area contributed by atoms with E-state index in [1.165, 1.54) is 12.8 Å². The summed E-state index contributed by atoms with van der Waals surface area (Å²) < 4.78 is 1.96. The van der Waals surface area contributed by atoms with E-state index in [1.807, 2.05) is 6.07 Å². The first kappa shape index (κ1) is 11.1. The molecule has 1 aliphatic carbocycles. The second-order valence-electron chi connectivity index (χ2n) is 3.63. The van der Waals surface area contributed by atoms with E-state index in [-0.39, 0.29) is 0 Å². The number of pyridine rings is 1. The normalized spacial score (nSPS) is 15.9. The lowest BCUT2D eigenvalue weighted by molar-refractivity contribution is 1.10. The summed E-state index contributed by atoms with van der Waals surface area (Å²) in [6.07, 6.45) is 8.96. The highest BCUT2D eigenvalue weighted by Gasteiger charge is 2.16. The Balaban J connectivity index is 1.86. The molecule has 0 atom stereocenters. The van der Waals surface area contributed by atoms with Crippen molar-refractivity contribution < 1.29 is 0 Å². The first-order valence-corrected chi connectivity index (χ1v) is 6.56. The van der Waals surface area contributed by atoms with Crippen molar-refractivity contribution in [1.29, 1.82) is 0 Å².